The highest BCUT2D eigenvalue weighted by molar-refractivity contribution is 7.10. The van der Waals surface area contributed by atoms with Crippen LogP contribution >= 0.6 is 11.3 Å². The molecule has 0 fully saturated rings. The predicted octanol–water partition coefficient (Wildman–Crippen LogP) is 3.62. The lowest BCUT2D eigenvalue weighted by atomic mass is 10.0. The van der Waals surface area contributed by atoms with E-state index in [1.54, 1.807) is 0 Å². The zero-order chi connectivity index (χ0) is 11.3. The van der Waals surface area contributed by atoms with Gasteiger partial charge in [-0.05, 0) is 43.2 Å². The van der Waals surface area contributed by atoms with Gasteiger partial charge in [-0.15, -0.1) is 11.3 Å². The first kappa shape index (κ1) is 12.7. The second kappa shape index (κ2) is 6.29. The summed E-state index contributed by atoms with van der Waals surface area (Å²) < 4.78 is 0. The van der Waals surface area contributed by atoms with Gasteiger partial charge in [0.2, 0.25) is 0 Å². The van der Waals surface area contributed by atoms with Crippen molar-refractivity contribution in [3.63, 3.8) is 0 Å². The molecule has 1 aromatic rings. The van der Waals surface area contributed by atoms with Crippen LogP contribution < -0.4 is 5.32 Å². The quantitative estimate of drug-likeness (QED) is 0.779. The Bertz CT molecular complexity index is 280. The van der Waals surface area contributed by atoms with Gasteiger partial charge in [0.15, 0.2) is 0 Å². The third-order valence-corrected chi connectivity index (χ3v) is 4.37. The van der Waals surface area contributed by atoms with Crippen LogP contribution in [-0.2, 0) is 6.42 Å². The number of aryl methyl sites for hydroxylation is 1. The third-order valence-electron chi connectivity index (χ3n) is 3.28. The molecule has 1 nitrogen and oxygen atoms in total. The van der Waals surface area contributed by atoms with Crippen molar-refractivity contribution in [2.24, 2.45) is 5.92 Å². The first-order chi connectivity index (χ1) is 7.15. The molecule has 15 heavy (non-hydrogen) atoms. The molecular weight excluding hydrogens is 202 g/mol. The van der Waals surface area contributed by atoms with Gasteiger partial charge in [0.25, 0.3) is 0 Å². The fourth-order valence-electron chi connectivity index (χ4n) is 1.63. The molecule has 1 heterocycles. The standard InChI is InChI=1S/C13H23NS/c1-5-10(2)12(4)14-8-6-13-11(3)7-9-15-13/h7,9-10,12,14H,5-6,8H2,1-4H3. The number of thiophene rings is 1. The van der Waals surface area contributed by atoms with E-state index in [0.717, 1.165) is 12.5 Å². The summed E-state index contributed by atoms with van der Waals surface area (Å²) >= 11 is 1.88. The van der Waals surface area contributed by atoms with Crippen molar-refractivity contribution < 1.29 is 0 Å². The van der Waals surface area contributed by atoms with Crippen molar-refractivity contribution in [2.45, 2.75) is 46.6 Å². The van der Waals surface area contributed by atoms with Gasteiger partial charge in [-0.25, -0.2) is 0 Å². The number of hydrogen-bond donors (Lipinski definition) is 1. The van der Waals surface area contributed by atoms with Crippen LogP contribution in [0, 0.1) is 12.8 Å². The molecule has 0 aliphatic heterocycles. The molecule has 0 spiro atoms. The minimum atomic E-state index is 0.635. The van der Waals surface area contributed by atoms with Crippen LogP contribution in [0.4, 0.5) is 0 Å². The lowest BCUT2D eigenvalue weighted by molar-refractivity contribution is 0.393. The minimum absolute atomic E-state index is 0.635. The average molecular weight is 225 g/mol. The van der Waals surface area contributed by atoms with Crippen molar-refractivity contribution in [3.05, 3.63) is 21.9 Å². The van der Waals surface area contributed by atoms with Crippen LogP contribution in [0.1, 0.15) is 37.6 Å². The Balaban J connectivity index is 2.25. The monoisotopic (exact) mass is 225 g/mol. The SMILES string of the molecule is CCC(C)C(C)NCCc1sccc1C. The van der Waals surface area contributed by atoms with Crippen LogP contribution in [0.15, 0.2) is 11.4 Å². The van der Waals surface area contributed by atoms with E-state index in [0.29, 0.717) is 6.04 Å². The van der Waals surface area contributed by atoms with Crippen molar-refractivity contribution in [1.82, 2.24) is 5.32 Å². The van der Waals surface area contributed by atoms with Gasteiger partial charge >= 0.3 is 0 Å². The second-order valence-electron chi connectivity index (χ2n) is 4.41. The summed E-state index contributed by atoms with van der Waals surface area (Å²) in [7, 11) is 0. The summed E-state index contributed by atoms with van der Waals surface area (Å²) in [5.41, 5.74) is 1.44. The lowest BCUT2D eigenvalue weighted by Crippen LogP contribution is -2.33. The largest absolute Gasteiger partial charge is 0.314 e. The summed E-state index contributed by atoms with van der Waals surface area (Å²) in [5.74, 6) is 0.773. The Labute approximate surface area is 97.9 Å². The molecule has 1 N–H and O–H groups in total. The molecular formula is C13H23NS. The topological polar surface area (TPSA) is 12.0 Å². The number of hydrogen-bond acceptors (Lipinski definition) is 2. The number of nitrogens with one attached hydrogen (secondary N) is 1. The van der Waals surface area contributed by atoms with Crippen LogP contribution in [0.2, 0.25) is 0 Å². The molecule has 0 aromatic carbocycles. The molecule has 0 amide bonds. The normalized spacial score (nSPS) is 15.2. The molecule has 2 unspecified atom stereocenters. The molecule has 1 aromatic heterocycles. The Morgan fingerprint density at radius 1 is 1.40 bits per heavy atom. The maximum Gasteiger partial charge on any atom is 0.00870 e. The van der Waals surface area contributed by atoms with E-state index in [1.807, 2.05) is 11.3 Å². The molecule has 0 aliphatic rings. The summed E-state index contributed by atoms with van der Waals surface area (Å²) in [6.07, 6.45) is 2.43. The molecule has 0 bridgehead atoms. The fourth-order valence-corrected chi connectivity index (χ4v) is 2.54. The van der Waals surface area contributed by atoms with E-state index >= 15 is 0 Å². The molecule has 0 saturated heterocycles. The highest BCUT2D eigenvalue weighted by Crippen LogP contribution is 2.15. The first-order valence-electron chi connectivity index (χ1n) is 5.91. The predicted molar refractivity (Wildman–Crippen MR) is 69.7 cm³/mol. The van der Waals surface area contributed by atoms with Crippen molar-refractivity contribution in [2.75, 3.05) is 6.54 Å². The molecule has 86 valence electrons. The maximum atomic E-state index is 3.61. The lowest BCUT2D eigenvalue weighted by Gasteiger charge is -2.19. The van der Waals surface area contributed by atoms with Crippen molar-refractivity contribution in [1.29, 1.82) is 0 Å². The van der Waals surface area contributed by atoms with Gasteiger partial charge in [-0.1, -0.05) is 20.3 Å². The zero-order valence-corrected chi connectivity index (χ0v) is 11.2. The molecule has 1 rings (SSSR count). The first-order valence-corrected chi connectivity index (χ1v) is 6.79. The summed E-state index contributed by atoms with van der Waals surface area (Å²) in [5, 5.41) is 5.79. The van der Waals surface area contributed by atoms with Gasteiger partial charge in [-0.3, -0.25) is 0 Å². The van der Waals surface area contributed by atoms with E-state index in [1.165, 1.54) is 23.3 Å². The average Bonchev–Trinajstić information content (AvgIpc) is 2.63. The minimum Gasteiger partial charge on any atom is -0.314 e. The molecule has 0 saturated carbocycles. The Morgan fingerprint density at radius 3 is 2.67 bits per heavy atom. The van der Waals surface area contributed by atoms with Crippen molar-refractivity contribution in [3.8, 4) is 0 Å². The van der Waals surface area contributed by atoms with E-state index < -0.39 is 0 Å². The smallest absolute Gasteiger partial charge is 0.00870 e. The number of rotatable bonds is 6. The van der Waals surface area contributed by atoms with Gasteiger partial charge in [0.05, 0.1) is 0 Å². The highest BCUT2D eigenvalue weighted by atomic mass is 32.1. The molecule has 0 radical (unpaired) electrons. The molecule has 0 aliphatic carbocycles. The van der Waals surface area contributed by atoms with E-state index in [2.05, 4.69) is 44.5 Å². The Morgan fingerprint density at radius 2 is 2.13 bits per heavy atom. The van der Waals surface area contributed by atoms with Gasteiger partial charge in [-0.2, -0.15) is 0 Å². The maximum absolute atomic E-state index is 3.61. The highest BCUT2D eigenvalue weighted by Gasteiger charge is 2.09. The van der Waals surface area contributed by atoms with Crippen LogP contribution in [0.5, 0.6) is 0 Å². The van der Waals surface area contributed by atoms with Crippen LogP contribution in [-0.4, -0.2) is 12.6 Å². The summed E-state index contributed by atoms with van der Waals surface area (Å²) in [4.78, 5) is 1.53. The zero-order valence-electron chi connectivity index (χ0n) is 10.3. The third kappa shape index (κ3) is 3.96. The van der Waals surface area contributed by atoms with E-state index in [9.17, 15) is 0 Å². The van der Waals surface area contributed by atoms with Gasteiger partial charge in [0.1, 0.15) is 0 Å². The van der Waals surface area contributed by atoms with Crippen LogP contribution in [0.3, 0.4) is 0 Å². The van der Waals surface area contributed by atoms with Crippen molar-refractivity contribution >= 4 is 11.3 Å². The molecule has 2 heteroatoms. The Kier molecular flexibility index (Phi) is 5.34. The Hall–Kier alpha value is -0.340. The van der Waals surface area contributed by atoms with Gasteiger partial charge in [0, 0.05) is 17.5 Å². The summed E-state index contributed by atoms with van der Waals surface area (Å²) in [6.45, 7) is 10.2. The summed E-state index contributed by atoms with van der Waals surface area (Å²) in [6, 6.07) is 2.84. The fraction of sp³-hybridized carbons (Fsp3) is 0.692. The van der Waals surface area contributed by atoms with Gasteiger partial charge < -0.3 is 5.32 Å². The molecule has 2 atom stereocenters. The van der Waals surface area contributed by atoms with E-state index in [4.69, 9.17) is 0 Å². The van der Waals surface area contributed by atoms with E-state index in [-0.39, 0.29) is 0 Å². The van der Waals surface area contributed by atoms with Crippen LogP contribution in [0.25, 0.3) is 0 Å². The second-order valence-corrected chi connectivity index (χ2v) is 5.41.